The molecule has 4 aliphatic rings. The topological polar surface area (TPSA) is 127 Å². The first kappa shape index (κ1) is 24.6. The molecule has 3 atom stereocenters. The zero-order chi connectivity index (χ0) is 26.8. The van der Waals surface area contributed by atoms with Crippen molar-refractivity contribution in [3.8, 4) is 0 Å². The molecule has 7 rings (SSSR count). The molecule has 12 heteroatoms. The molecule has 4 heterocycles. The second-order valence-corrected chi connectivity index (χ2v) is 12.0. The predicted octanol–water partition coefficient (Wildman–Crippen LogP) is 3.89. The van der Waals surface area contributed by atoms with Crippen LogP contribution in [0.25, 0.3) is 5.65 Å². The highest BCUT2D eigenvalue weighted by atomic mass is 19.3. The first-order valence-electron chi connectivity index (χ1n) is 13.9. The molecule has 3 aromatic rings. The molecule has 0 radical (unpaired) electrons. The van der Waals surface area contributed by atoms with Gasteiger partial charge in [0.25, 0.3) is 5.91 Å². The van der Waals surface area contributed by atoms with Crippen LogP contribution in [0.3, 0.4) is 0 Å². The lowest BCUT2D eigenvalue weighted by atomic mass is 9.72. The third-order valence-electron chi connectivity index (χ3n) is 9.13. The van der Waals surface area contributed by atoms with Crippen LogP contribution in [-0.2, 0) is 11.2 Å². The van der Waals surface area contributed by atoms with Crippen molar-refractivity contribution in [3.05, 3.63) is 41.1 Å². The zero-order valence-electron chi connectivity index (χ0n) is 21.5. The number of nitrogens with zero attached hydrogens (tertiary/aromatic N) is 5. The van der Waals surface area contributed by atoms with Crippen LogP contribution in [0.4, 0.5) is 8.78 Å². The highest BCUT2D eigenvalue weighted by Gasteiger charge is 2.49. The van der Waals surface area contributed by atoms with Crippen LogP contribution < -0.4 is 10.6 Å². The summed E-state index contributed by atoms with van der Waals surface area (Å²) in [7, 11) is 0. The molecule has 4 fully saturated rings. The summed E-state index contributed by atoms with van der Waals surface area (Å²) < 4.78 is 34.5. The molecule has 2 bridgehead atoms. The summed E-state index contributed by atoms with van der Waals surface area (Å²) in [5.74, 6) is -3.06. The summed E-state index contributed by atoms with van der Waals surface area (Å²) in [6, 6.07) is 1.59. The summed E-state index contributed by atoms with van der Waals surface area (Å²) in [6.07, 6.45) is 9.79. The Balaban J connectivity index is 1.17. The number of amides is 2. The van der Waals surface area contributed by atoms with Crippen LogP contribution in [-0.4, -0.2) is 48.7 Å². The van der Waals surface area contributed by atoms with E-state index in [4.69, 9.17) is 9.61 Å². The van der Waals surface area contributed by atoms with Crippen molar-refractivity contribution < 1.29 is 23.0 Å². The highest BCUT2D eigenvalue weighted by Crippen LogP contribution is 2.45. The maximum atomic E-state index is 14.0. The molecule has 3 aromatic heterocycles. The van der Waals surface area contributed by atoms with Crippen molar-refractivity contribution in [1.82, 2.24) is 35.5 Å². The molecule has 1 aliphatic heterocycles. The number of carbonyl (C=O) groups excluding carboxylic acids is 2. The largest absolute Gasteiger partial charge is 0.353 e. The Morgan fingerprint density at radius 2 is 2.00 bits per heavy atom. The first-order chi connectivity index (χ1) is 18.8. The lowest BCUT2D eigenvalue weighted by Crippen LogP contribution is -2.37. The van der Waals surface area contributed by atoms with Gasteiger partial charge in [0.05, 0.1) is 29.5 Å². The van der Waals surface area contributed by atoms with E-state index < -0.39 is 23.3 Å². The highest BCUT2D eigenvalue weighted by molar-refractivity contribution is 5.93. The van der Waals surface area contributed by atoms with Gasteiger partial charge in [-0.15, -0.1) is 0 Å². The second kappa shape index (κ2) is 9.06. The molecule has 2 amide bonds. The van der Waals surface area contributed by atoms with Gasteiger partial charge in [0.2, 0.25) is 11.8 Å². The first-order valence-corrected chi connectivity index (χ1v) is 13.9. The number of alkyl halides is 2. The zero-order valence-corrected chi connectivity index (χ0v) is 21.5. The lowest BCUT2D eigenvalue weighted by Gasteiger charge is -2.33. The van der Waals surface area contributed by atoms with E-state index in [0.29, 0.717) is 23.5 Å². The minimum Gasteiger partial charge on any atom is -0.353 e. The number of aromatic nitrogens is 5. The second-order valence-electron chi connectivity index (χ2n) is 12.0. The van der Waals surface area contributed by atoms with E-state index in [9.17, 15) is 18.4 Å². The van der Waals surface area contributed by atoms with Gasteiger partial charge in [0, 0.05) is 24.8 Å². The monoisotopic (exact) mass is 539 g/mol. The molecule has 3 aliphatic carbocycles. The molecular formula is C27H31F2N7O3. The number of halogens is 2. The fourth-order valence-corrected chi connectivity index (χ4v) is 6.86. The summed E-state index contributed by atoms with van der Waals surface area (Å²) >= 11 is 0. The molecule has 206 valence electrons. The molecule has 1 saturated heterocycles. The summed E-state index contributed by atoms with van der Waals surface area (Å²) in [5, 5.41) is 18.5. The Kier molecular flexibility index (Phi) is 5.71. The van der Waals surface area contributed by atoms with Crippen molar-refractivity contribution in [1.29, 1.82) is 0 Å². The molecule has 10 nitrogen and oxygen atoms in total. The van der Waals surface area contributed by atoms with E-state index >= 15 is 0 Å². The normalized spacial score (nSPS) is 27.4. The van der Waals surface area contributed by atoms with Gasteiger partial charge >= 0.3 is 0 Å². The van der Waals surface area contributed by atoms with Crippen LogP contribution in [0, 0.1) is 11.3 Å². The van der Waals surface area contributed by atoms with Gasteiger partial charge in [-0.25, -0.2) is 22.9 Å². The number of carbonyl (C=O) groups is 2. The maximum Gasteiger partial charge on any atom is 0.276 e. The van der Waals surface area contributed by atoms with Crippen molar-refractivity contribution in [2.75, 3.05) is 0 Å². The molecule has 0 unspecified atom stereocenters. The maximum absolute atomic E-state index is 14.0. The Bertz CT molecular complexity index is 1420. The Labute approximate surface area is 223 Å². The fourth-order valence-electron chi connectivity index (χ4n) is 6.86. The van der Waals surface area contributed by atoms with Gasteiger partial charge < -0.3 is 10.6 Å². The van der Waals surface area contributed by atoms with Gasteiger partial charge in [0.15, 0.2) is 11.3 Å². The number of nitrogens with one attached hydrogen (secondary N) is 2. The number of hydrogen-bond donors (Lipinski definition) is 2. The van der Waals surface area contributed by atoms with Crippen LogP contribution in [0.1, 0.15) is 104 Å². The standard InChI is InChI=1S/C27H31F2N7O3/c28-27(29)8-5-17(6-9-27)21(33-24(37)23-22(16-3-4-16)34-39-35-23)19-14-36-20(32-19)10-15(13-30-36)11-26-7-1-2-18(12-26)31-25(26)38/h10,13-14,16-18,21H,1-9,11-12H2,(H,31,38)(H,33,37)/t18-,21+,26-/m1/s1. The van der Waals surface area contributed by atoms with E-state index in [0.717, 1.165) is 44.1 Å². The smallest absolute Gasteiger partial charge is 0.276 e. The van der Waals surface area contributed by atoms with Crippen molar-refractivity contribution >= 4 is 17.5 Å². The summed E-state index contributed by atoms with van der Waals surface area (Å²) in [6.45, 7) is 0. The minimum absolute atomic E-state index is 0.124. The van der Waals surface area contributed by atoms with Gasteiger partial charge in [-0.05, 0) is 74.1 Å². The molecule has 2 N–H and O–H groups in total. The average molecular weight is 540 g/mol. The number of rotatable bonds is 7. The van der Waals surface area contributed by atoms with Crippen LogP contribution in [0.15, 0.2) is 23.1 Å². The van der Waals surface area contributed by atoms with Crippen LogP contribution in [0.5, 0.6) is 0 Å². The average Bonchev–Trinajstić information content (AvgIpc) is 3.39. The number of imidazole rings is 1. The minimum atomic E-state index is -2.69. The Morgan fingerprint density at radius 3 is 2.79 bits per heavy atom. The van der Waals surface area contributed by atoms with E-state index in [1.54, 1.807) is 16.9 Å². The number of hydrogen-bond acceptors (Lipinski definition) is 7. The van der Waals surface area contributed by atoms with Crippen molar-refractivity contribution in [2.24, 2.45) is 11.3 Å². The molecule has 0 aromatic carbocycles. The molecule has 0 spiro atoms. The molecule has 3 saturated carbocycles. The van der Waals surface area contributed by atoms with Crippen LogP contribution >= 0.6 is 0 Å². The van der Waals surface area contributed by atoms with Crippen LogP contribution in [0.2, 0.25) is 0 Å². The Hall–Kier alpha value is -3.44. The summed E-state index contributed by atoms with van der Waals surface area (Å²) in [5.41, 5.74) is 2.37. The van der Waals surface area contributed by atoms with E-state index in [2.05, 4.69) is 26.0 Å². The van der Waals surface area contributed by atoms with E-state index in [1.165, 1.54) is 0 Å². The van der Waals surface area contributed by atoms with E-state index in [-0.39, 0.29) is 55.2 Å². The summed E-state index contributed by atoms with van der Waals surface area (Å²) in [4.78, 5) is 30.9. The van der Waals surface area contributed by atoms with Gasteiger partial charge in [-0.2, -0.15) is 5.10 Å². The molecular weight excluding hydrogens is 508 g/mol. The van der Waals surface area contributed by atoms with Crippen molar-refractivity contribution in [2.45, 2.75) is 94.6 Å². The van der Waals surface area contributed by atoms with E-state index in [1.807, 2.05) is 6.07 Å². The Morgan fingerprint density at radius 1 is 1.18 bits per heavy atom. The lowest BCUT2D eigenvalue weighted by molar-refractivity contribution is -0.127. The fraction of sp³-hybridized carbons (Fsp3) is 0.630. The molecule has 39 heavy (non-hydrogen) atoms. The predicted molar refractivity (Wildman–Crippen MR) is 133 cm³/mol. The van der Waals surface area contributed by atoms with Crippen molar-refractivity contribution in [3.63, 3.8) is 0 Å². The third-order valence-corrected chi connectivity index (χ3v) is 9.13. The number of fused-ring (bicyclic) bond motifs is 3. The third kappa shape index (κ3) is 4.57. The van der Waals surface area contributed by atoms with Gasteiger partial charge in [-0.3, -0.25) is 9.59 Å². The SMILES string of the molecule is O=C(N[C@H](c1cn2ncc(C[C@]34CCC[C@H](C3)NC4=O)cc2n1)C1CCC(F)(F)CC1)c1nonc1C1CC1. The van der Waals surface area contributed by atoms with Gasteiger partial charge in [0.1, 0.15) is 5.69 Å². The quantitative estimate of drug-likeness (QED) is 0.466. The van der Waals surface area contributed by atoms with Gasteiger partial charge in [-0.1, -0.05) is 11.6 Å².